The van der Waals surface area contributed by atoms with E-state index >= 15 is 0 Å². The number of pyridine rings is 1. The number of thiocarbonyl (C=S) groups is 1. The molecular weight excluding hydrogens is 480 g/mol. The number of nitrogens with zero attached hydrogens (tertiary/aromatic N) is 3. The molecule has 1 aliphatic rings. The molecule has 1 aromatic carbocycles. The Labute approximate surface area is 211 Å². The van der Waals surface area contributed by atoms with Crippen molar-refractivity contribution < 1.29 is 9.21 Å². The van der Waals surface area contributed by atoms with Gasteiger partial charge in [0.15, 0.2) is 0 Å². The highest BCUT2D eigenvalue weighted by atomic mass is 32.2. The van der Waals surface area contributed by atoms with E-state index in [9.17, 15) is 9.59 Å². The Morgan fingerprint density at radius 1 is 1.11 bits per heavy atom. The van der Waals surface area contributed by atoms with Crippen LogP contribution in [0.1, 0.15) is 28.0 Å². The lowest BCUT2D eigenvalue weighted by Gasteiger charge is -2.13. The summed E-state index contributed by atoms with van der Waals surface area (Å²) in [5.41, 5.74) is 3.70. The van der Waals surface area contributed by atoms with E-state index in [1.165, 1.54) is 14.9 Å². The van der Waals surface area contributed by atoms with Crippen molar-refractivity contribution in [2.45, 2.75) is 26.9 Å². The highest BCUT2D eigenvalue weighted by Crippen LogP contribution is 2.34. The topological polar surface area (TPSA) is 79.9 Å². The lowest BCUT2D eigenvalue weighted by Crippen LogP contribution is -2.27. The molecule has 9 heteroatoms. The van der Waals surface area contributed by atoms with Crippen molar-refractivity contribution >= 4 is 51.7 Å². The monoisotopic (exact) mass is 502 g/mol. The summed E-state index contributed by atoms with van der Waals surface area (Å²) in [6.45, 7) is 4.66. The first-order valence-corrected chi connectivity index (χ1v) is 12.2. The van der Waals surface area contributed by atoms with Crippen LogP contribution in [0.15, 0.2) is 75.1 Å². The molecule has 35 heavy (non-hydrogen) atoms. The Hall–Kier alpha value is -3.69. The molecule has 0 spiro atoms. The van der Waals surface area contributed by atoms with Gasteiger partial charge in [0.1, 0.15) is 21.5 Å². The maximum atomic E-state index is 13.5. The number of thioether (sulfide) groups is 1. The Balaban J connectivity index is 1.54. The fourth-order valence-electron chi connectivity index (χ4n) is 3.79. The number of hydrogen-bond donors (Lipinski definition) is 1. The van der Waals surface area contributed by atoms with Crippen LogP contribution in [0.25, 0.3) is 11.7 Å². The van der Waals surface area contributed by atoms with Crippen molar-refractivity contribution in [3.63, 3.8) is 0 Å². The molecule has 1 saturated heterocycles. The molecule has 0 aliphatic carbocycles. The second kappa shape index (κ2) is 9.52. The largest absolute Gasteiger partial charge is 0.467 e. The predicted molar refractivity (Wildman–Crippen MR) is 142 cm³/mol. The van der Waals surface area contributed by atoms with Crippen LogP contribution in [-0.4, -0.2) is 24.5 Å². The third-order valence-corrected chi connectivity index (χ3v) is 7.09. The van der Waals surface area contributed by atoms with Crippen molar-refractivity contribution in [3.05, 3.63) is 104 Å². The van der Waals surface area contributed by atoms with Crippen molar-refractivity contribution in [3.8, 4) is 0 Å². The summed E-state index contributed by atoms with van der Waals surface area (Å²) in [5, 5.41) is 3.31. The minimum absolute atomic E-state index is 0.238. The third kappa shape index (κ3) is 4.65. The van der Waals surface area contributed by atoms with Crippen LogP contribution in [0.5, 0.6) is 0 Å². The lowest BCUT2D eigenvalue weighted by molar-refractivity contribution is -0.122. The first-order chi connectivity index (χ1) is 16.9. The SMILES string of the molecule is Cc1ccc(CNc2nc3c(C)cccn3c(=O)c2C=C2SC(=S)N(Cc3ccco3)C2=O)cc1. The molecule has 4 heterocycles. The zero-order valence-corrected chi connectivity index (χ0v) is 20.8. The summed E-state index contributed by atoms with van der Waals surface area (Å²) in [7, 11) is 0. The number of amides is 1. The molecule has 0 bridgehead atoms. The molecule has 7 nitrogen and oxygen atoms in total. The van der Waals surface area contributed by atoms with E-state index in [0.717, 1.165) is 22.9 Å². The average Bonchev–Trinajstić information content (AvgIpc) is 3.45. The Morgan fingerprint density at radius 2 is 1.91 bits per heavy atom. The fourth-order valence-corrected chi connectivity index (χ4v) is 5.03. The lowest BCUT2D eigenvalue weighted by atomic mass is 10.1. The van der Waals surface area contributed by atoms with E-state index < -0.39 is 0 Å². The maximum Gasteiger partial charge on any atom is 0.267 e. The Kier molecular flexibility index (Phi) is 6.27. The van der Waals surface area contributed by atoms with Gasteiger partial charge in [-0.05, 0) is 49.2 Å². The van der Waals surface area contributed by atoms with E-state index in [4.69, 9.17) is 21.6 Å². The minimum atomic E-state index is -0.269. The summed E-state index contributed by atoms with van der Waals surface area (Å²) < 4.78 is 7.28. The zero-order chi connectivity index (χ0) is 24.5. The number of anilines is 1. The maximum absolute atomic E-state index is 13.5. The van der Waals surface area contributed by atoms with E-state index in [1.54, 1.807) is 36.7 Å². The second-order valence-corrected chi connectivity index (χ2v) is 9.93. The van der Waals surface area contributed by atoms with Crippen molar-refractivity contribution in [1.29, 1.82) is 0 Å². The second-order valence-electron chi connectivity index (χ2n) is 8.25. The number of aromatic nitrogens is 2. The summed E-state index contributed by atoms with van der Waals surface area (Å²) in [5.74, 6) is 0.779. The van der Waals surface area contributed by atoms with Gasteiger partial charge in [-0.3, -0.25) is 18.9 Å². The molecule has 1 amide bonds. The molecule has 0 atom stereocenters. The van der Waals surface area contributed by atoms with E-state index in [-0.39, 0.29) is 18.0 Å². The van der Waals surface area contributed by atoms with Crippen LogP contribution in [0.4, 0.5) is 5.82 Å². The normalized spacial score (nSPS) is 14.9. The Bertz CT molecular complexity index is 1520. The molecule has 1 N–H and O–H groups in total. The number of nitrogens with one attached hydrogen (secondary N) is 1. The Morgan fingerprint density at radius 3 is 2.66 bits per heavy atom. The number of furan rings is 1. The van der Waals surface area contributed by atoms with Crippen molar-refractivity contribution in [2.75, 3.05) is 5.32 Å². The van der Waals surface area contributed by atoms with Crippen LogP contribution < -0.4 is 10.9 Å². The van der Waals surface area contributed by atoms with Gasteiger partial charge in [0, 0.05) is 12.7 Å². The quantitative estimate of drug-likeness (QED) is 0.296. The van der Waals surface area contributed by atoms with Crippen molar-refractivity contribution in [2.24, 2.45) is 0 Å². The van der Waals surface area contributed by atoms with Crippen LogP contribution in [0.3, 0.4) is 0 Å². The predicted octanol–water partition coefficient (Wildman–Crippen LogP) is 4.92. The number of carbonyl (C=O) groups is 1. The number of rotatable bonds is 6. The van der Waals surface area contributed by atoms with Gasteiger partial charge in [0.2, 0.25) is 0 Å². The molecule has 1 fully saturated rings. The number of aryl methyl sites for hydroxylation is 2. The van der Waals surface area contributed by atoms with E-state index in [2.05, 4.69) is 5.32 Å². The molecule has 176 valence electrons. The number of fused-ring (bicyclic) bond motifs is 1. The highest BCUT2D eigenvalue weighted by Gasteiger charge is 2.33. The first-order valence-electron chi connectivity index (χ1n) is 11.0. The molecule has 4 aromatic rings. The smallest absolute Gasteiger partial charge is 0.267 e. The fraction of sp³-hybridized carbons (Fsp3) is 0.154. The minimum Gasteiger partial charge on any atom is -0.467 e. The van der Waals surface area contributed by atoms with Gasteiger partial charge < -0.3 is 9.73 Å². The number of hydrogen-bond acceptors (Lipinski definition) is 7. The van der Waals surface area contributed by atoms with Gasteiger partial charge in [-0.25, -0.2) is 4.98 Å². The molecule has 3 aromatic heterocycles. The van der Waals surface area contributed by atoms with Gasteiger partial charge in [-0.2, -0.15) is 0 Å². The zero-order valence-electron chi connectivity index (χ0n) is 19.1. The first kappa shape index (κ1) is 23.1. The standard InChI is InChI=1S/C26H22N4O3S2/c1-16-7-9-18(10-8-16)14-27-22-20(24(31)29-11-3-5-17(2)23(29)28-22)13-21-25(32)30(26(34)35-21)15-19-6-4-12-33-19/h3-13,27H,14-15H2,1-2H3. The summed E-state index contributed by atoms with van der Waals surface area (Å²) in [6, 6.07) is 15.4. The highest BCUT2D eigenvalue weighted by molar-refractivity contribution is 8.26. The molecular formula is C26H22N4O3S2. The van der Waals surface area contributed by atoms with E-state index in [0.29, 0.717) is 38.6 Å². The van der Waals surface area contributed by atoms with Gasteiger partial charge in [-0.15, -0.1) is 0 Å². The van der Waals surface area contributed by atoms with E-state index in [1.807, 2.05) is 44.2 Å². The van der Waals surface area contributed by atoms with Crippen molar-refractivity contribution in [1.82, 2.24) is 14.3 Å². The number of benzene rings is 1. The molecule has 1 aliphatic heterocycles. The van der Waals surface area contributed by atoms with Gasteiger partial charge >= 0.3 is 0 Å². The third-order valence-electron chi connectivity index (χ3n) is 5.71. The van der Waals surface area contributed by atoms with Gasteiger partial charge in [0.05, 0.1) is 23.3 Å². The molecule has 0 unspecified atom stereocenters. The van der Waals surface area contributed by atoms with Gasteiger partial charge in [0.25, 0.3) is 11.5 Å². The summed E-state index contributed by atoms with van der Waals surface area (Å²) >= 11 is 6.60. The number of carbonyl (C=O) groups excluding carboxylic acids is 1. The molecule has 5 rings (SSSR count). The molecule has 0 saturated carbocycles. The van der Waals surface area contributed by atoms with Crippen LogP contribution in [0.2, 0.25) is 0 Å². The summed E-state index contributed by atoms with van der Waals surface area (Å²) in [6.07, 6.45) is 4.82. The summed E-state index contributed by atoms with van der Waals surface area (Å²) in [4.78, 5) is 33.3. The average molecular weight is 503 g/mol. The van der Waals surface area contributed by atoms with Gasteiger partial charge in [-0.1, -0.05) is 59.9 Å². The van der Waals surface area contributed by atoms with Crippen LogP contribution in [0, 0.1) is 13.8 Å². The van der Waals surface area contributed by atoms with Crippen LogP contribution in [-0.2, 0) is 17.9 Å². The molecule has 0 radical (unpaired) electrons. The van der Waals surface area contributed by atoms with Crippen LogP contribution >= 0.6 is 24.0 Å².